The third kappa shape index (κ3) is 3.33. The van der Waals surface area contributed by atoms with Gasteiger partial charge in [-0.05, 0) is 65.5 Å². The molecule has 0 saturated heterocycles. The van der Waals surface area contributed by atoms with E-state index in [-0.39, 0.29) is 0 Å². The zero-order valence-corrected chi connectivity index (χ0v) is 20.9. The van der Waals surface area contributed by atoms with Crippen LogP contribution in [-0.4, -0.2) is 24.3 Å². The Morgan fingerprint density at radius 2 is 1.05 bits per heavy atom. The quantitative estimate of drug-likeness (QED) is 0.231. The lowest BCUT2D eigenvalue weighted by Crippen LogP contribution is -1.95. The molecule has 0 amide bonds. The van der Waals surface area contributed by atoms with Gasteiger partial charge >= 0.3 is 0 Å². The lowest BCUT2D eigenvalue weighted by Gasteiger charge is -2.12. The number of fused-ring (bicyclic) bond motifs is 8. The van der Waals surface area contributed by atoms with E-state index < -0.39 is 0 Å². The molecule has 6 heterocycles. The van der Waals surface area contributed by atoms with Gasteiger partial charge in [-0.15, -0.1) is 0 Å². The van der Waals surface area contributed by atoms with Crippen LogP contribution in [0.1, 0.15) is 0 Å². The molecular weight excluding hydrogens is 478 g/mol. The fraction of sp³-hybridized carbons (Fsp3) is 0. The Balaban J connectivity index is 1.57. The molecule has 0 spiro atoms. The summed E-state index contributed by atoms with van der Waals surface area (Å²) in [5.41, 5.74) is 8.60. The van der Waals surface area contributed by atoms with Crippen molar-refractivity contribution in [3.05, 3.63) is 128 Å². The number of hydrogen-bond acceptors (Lipinski definition) is 4. The monoisotopic (exact) mass is 499 g/mol. The summed E-state index contributed by atoms with van der Waals surface area (Å²) in [4.78, 5) is 19.1. The predicted molar refractivity (Wildman–Crippen MR) is 157 cm³/mol. The SMILES string of the molecule is c1ccc(-c2cc(-c3c4cccnc4n4c5ccccc5c5ccccc5c34)cc(-c3ccccn3)n2)nc1. The number of nitrogens with zero attached hydrogens (tertiary/aromatic N) is 5. The normalized spacial score (nSPS) is 11.6. The van der Waals surface area contributed by atoms with Crippen LogP contribution in [0.15, 0.2) is 128 Å². The molecule has 0 aliphatic rings. The Labute approximate surface area is 224 Å². The molecule has 0 atom stereocenters. The molecule has 0 aliphatic carbocycles. The molecule has 8 rings (SSSR count). The third-order valence-electron chi connectivity index (χ3n) is 7.31. The van der Waals surface area contributed by atoms with E-state index >= 15 is 0 Å². The summed E-state index contributed by atoms with van der Waals surface area (Å²) in [5, 5.41) is 4.69. The Morgan fingerprint density at radius 3 is 1.74 bits per heavy atom. The fourth-order valence-electron chi connectivity index (χ4n) is 5.68. The molecule has 2 aromatic carbocycles. The lowest BCUT2D eigenvalue weighted by molar-refractivity contribution is 1.22. The van der Waals surface area contributed by atoms with Crippen LogP contribution in [-0.2, 0) is 0 Å². The van der Waals surface area contributed by atoms with E-state index in [1.165, 1.54) is 16.2 Å². The van der Waals surface area contributed by atoms with E-state index in [1.807, 2.05) is 48.7 Å². The van der Waals surface area contributed by atoms with Crippen LogP contribution in [0.4, 0.5) is 0 Å². The van der Waals surface area contributed by atoms with E-state index in [2.05, 4.69) is 81.1 Å². The maximum absolute atomic E-state index is 5.01. The van der Waals surface area contributed by atoms with Gasteiger partial charge in [-0.2, -0.15) is 0 Å². The number of benzene rings is 2. The average Bonchev–Trinajstić information content (AvgIpc) is 3.38. The lowest BCUT2D eigenvalue weighted by atomic mass is 9.97. The zero-order valence-electron chi connectivity index (χ0n) is 20.9. The minimum Gasteiger partial charge on any atom is -0.293 e. The Bertz CT molecular complexity index is 2110. The first kappa shape index (κ1) is 21.6. The first-order chi connectivity index (χ1) is 19.4. The smallest absolute Gasteiger partial charge is 0.145 e. The summed E-state index contributed by atoms with van der Waals surface area (Å²) in [6.45, 7) is 0. The van der Waals surface area contributed by atoms with Gasteiger partial charge in [-0.1, -0.05) is 54.6 Å². The van der Waals surface area contributed by atoms with Gasteiger partial charge in [0.05, 0.1) is 33.8 Å². The van der Waals surface area contributed by atoms with E-state index in [0.717, 1.165) is 56.0 Å². The second kappa shape index (κ2) is 8.57. The molecule has 39 heavy (non-hydrogen) atoms. The molecule has 0 bridgehead atoms. The average molecular weight is 500 g/mol. The van der Waals surface area contributed by atoms with Crippen LogP contribution in [0, 0.1) is 0 Å². The van der Waals surface area contributed by atoms with Crippen molar-refractivity contribution in [3.63, 3.8) is 0 Å². The van der Waals surface area contributed by atoms with Gasteiger partial charge in [0, 0.05) is 40.3 Å². The molecular formula is C34H21N5. The Morgan fingerprint density at radius 1 is 0.462 bits per heavy atom. The highest BCUT2D eigenvalue weighted by atomic mass is 15.0. The molecule has 0 saturated carbocycles. The van der Waals surface area contributed by atoms with Crippen LogP contribution in [0.25, 0.3) is 72.1 Å². The molecule has 182 valence electrons. The van der Waals surface area contributed by atoms with Crippen molar-refractivity contribution in [2.75, 3.05) is 0 Å². The van der Waals surface area contributed by atoms with Crippen molar-refractivity contribution in [2.45, 2.75) is 0 Å². The highest BCUT2D eigenvalue weighted by molar-refractivity contribution is 6.21. The number of para-hydroxylation sites is 1. The van der Waals surface area contributed by atoms with Crippen LogP contribution in [0.5, 0.6) is 0 Å². The maximum Gasteiger partial charge on any atom is 0.145 e. The second-order valence-corrected chi connectivity index (χ2v) is 9.55. The fourth-order valence-corrected chi connectivity index (χ4v) is 5.68. The number of rotatable bonds is 3. The minimum absolute atomic E-state index is 0.801. The molecule has 6 aromatic heterocycles. The van der Waals surface area contributed by atoms with Crippen molar-refractivity contribution < 1.29 is 0 Å². The summed E-state index contributed by atoms with van der Waals surface area (Å²) < 4.78 is 2.31. The minimum atomic E-state index is 0.801. The summed E-state index contributed by atoms with van der Waals surface area (Å²) >= 11 is 0. The number of pyridine rings is 5. The van der Waals surface area contributed by atoms with E-state index in [4.69, 9.17) is 9.97 Å². The molecule has 5 heteroatoms. The van der Waals surface area contributed by atoms with Crippen molar-refractivity contribution >= 4 is 38.2 Å². The van der Waals surface area contributed by atoms with Gasteiger partial charge in [-0.3, -0.25) is 14.4 Å². The number of aromatic nitrogens is 5. The molecule has 0 unspecified atom stereocenters. The van der Waals surface area contributed by atoms with E-state index in [0.29, 0.717) is 0 Å². The first-order valence-corrected chi connectivity index (χ1v) is 12.9. The van der Waals surface area contributed by atoms with Crippen molar-refractivity contribution in [3.8, 4) is 33.9 Å². The standard InChI is InChI=1S/C34H21N5/c1-2-12-25-23(10-1)24-11-3-4-16-31(24)39-33(25)32(26-13-9-19-37-34(26)39)22-20-29(27-14-5-7-17-35-27)38-30(21-22)28-15-6-8-18-36-28/h1-21H. The largest absolute Gasteiger partial charge is 0.293 e. The maximum atomic E-state index is 5.01. The van der Waals surface area contributed by atoms with Gasteiger partial charge in [0.25, 0.3) is 0 Å². The number of hydrogen-bond donors (Lipinski definition) is 0. The van der Waals surface area contributed by atoms with Crippen LogP contribution < -0.4 is 0 Å². The first-order valence-electron chi connectivity index (χ1n) is 12.9. The summed E-state index contributed by atoms with van der Waals surface area (Å²) in [5.74, 6) is 0. The molecule has 8 aromatic rings. The van der Waals surface area contributed by atoms with Crippen molar-refractivity contribution in [1.82, 2.24) is 24.3 Å². The summed E-state index contributed by atoms with van der Waals surface area (Å²) in [6, 6.07) is 37.5. The van der Waals surface area contributed by atoms with Crippen molar-refractivity contribution in [1.29, 1.82) is 0 Å². The highest BCUT2D eigenvalue weighted by Gasteiger charge is 2.21. The Hall–Kier alpha value is -5.42. The molecule has 0 N–H and O–H groups in total. The molecule has 0 fully saturated rings. The van der Waals surface area contributed by atoms with Gasteiger partial charge in [0.1, 0.15) is 5.65 Å². The summed E-state index contributed by atoms with van der Waals surface area (Å²) in [7, 11) is 0. The molecule has 0 radical (unpaired) electrons. The van der Waals surface area contributed by atoms with E-state index in [9.17, 15) is 0 Å². The third-order valence-corrected chi connectivity index (χ3v) is 7.31. The highest BCUT2D eigenvalue weighted by Crippen LogP contribution is 2.42. The second-order valence-electron chi connectivity index (χ2n) is 9.55. The van der Waals surface area contributed by atoms with E-state index in [1.54, 1.807) is 12.4 Å². The van der Waals surface area contributed by atoms with Crippen molar-refractivity contribution in [2.24, 2.45) is 0 Å². The predicted octanol–water partition coefficient (Wildman–Crippen LogP) is 7.98. The summed E-state index contributed by atoms with van der Waals surface area (Å²) in [6.07, 6.45) is 5.47. The van der Waals surface area contributed by atoms with Gasteiger partial charge in [0.2, 0.25) is 0 Å². The van der Waals surface area contributed by atoms with Crippen LogP contribution >= 0.6 is 0 Å². The van der Waals surface area contributed by atoms with Crippen LogP contribution in [0.3, 0.4) is 0 Å². The molecule has 5 nitrogen and oxygen atoms in total. The van der Waals surface area contributed by atoms with Gasteiger partial charge in [0.15, 0.2) is 0 Å². The zero-order chi connectivity index (χ0) is 25.8. The van der Waals surface area contributed by atoms with Gasteiger partial charge in [-0.25, -0.2) is 9.97 Å². The topological polar surface area (TPSA) is 56.0 Å². The van der Waals surface area contributed by atoms with Crippen LogP contribution in [0.2, 0.25) is 0 Å². The molecule has 0 aliphatic heterocycles. The van der Waals surface area contributed by atoms with Gasteiger partial charge < -0.3 is 0 Å². The Kier molecular flexibility index (Phi) is 4.76.